The number of nitrogens with zero attached hydrogens (tertiary/aromatic N) is 1. The van der Waals surface area contributed by atoms with Crippen LogP contribution in [-0.4, -0.2) is 9.97 Å². The quantitative estimate of drug-likeness (QED) is 0.567. The Labute approximate surface area is 133 Å². The fourth-order valence-electron chi connectivity index (χ4n) is 3.19. The first kappa shape index (κ1) is 13.7. The number of fused-ring (bicyclic) bond motifs is 2. The number of pyridine rings is 2. The van der Waals surface area contributed by atoms with Crippen molar-refractivity contribution in [2.24, 2.45) is 0 Å². The molecule has 0 aliphatic heterocycles. The predicted octanol–water partition coefficient (Wildman–Crippen LogP) is 4.36. The van der Waals surface area contributed by atoms with E-state index in [1.807, 2.05) is 55.5 Å². The zero-order valence-electron chi connectivity index (χ0n) is 13.1. The summed E-state index contributed by atoms with van der Waals surface area (Å²) < 4.78 is 0. The van der Waals surface area contributed by atoms with Crippen molar-refractivity contribution < 1.29 is 0 Å². The Balaban J connectivity index is 2.08. The Morgan fingerprint density at radius 3 is 2.43 bits per heavy atom. The SMILES string of the molecule is Cc1cc(-c2c(C)c3ccccc3[nH]c2=O)nc2ccccc12. The molecule has 0 radical (unpaired) electrons. The van der Waals surface area contributed by atoms with Gasteiger partial charge in [0.2, 0.25) is 0 Å². The van der Waals surface area contributed by atoms with E-state index in [1.54, 1.807) is 0 Å². The van der Waals surface area contributed by atoms with Crippen LogP contribution in [0.1, 0.15) is 11.1 Å². The summed E-state index contributed by atoms with van der Waals surface area (Å²) >= 11 is 0. The number of hydrogen-bond acceptors (Lipinski definition) is 2. The van der Waals surface area contributed by atoms with Crippen LogP contribution < -0.4 is 5.56 Å². The molecule has 0 atom stereocenters. The van der Waals surface area contributed by atoms with Crippen LogP contribution in [0.25, 0.3) is 33.1 Å². The Morgan fingerprint density at radius 2 is 1.61 bits per heavy atom. The van der Waals surface area contributed by atoms with Gasteiger partial charge < -0.3 is 4.98 Å². The summed E-state index contributed by atoms with van der Waals surface area (Å²) in [5.74, 6) is 0. The normalized spacial score (nSPS) is 11.2. The molecule has 0 aliphatic carbocycles. The molecular weight excluding hydrogens is 284 g/mol. The molecule has 4 rings (SSSR count). The first-order valence-electron chi connectivity index (χ1n) is 7.63. The van der Waals surface area contributed by atoms with Gasteiger partial charge in [-0.2, -0.15) is 0 Å². The molecule has 1 N–H and O–H groups in total. The van der Waals surface area contributed by atoms with Crippen molar-refractivity contribution in [3.05, 3.63) is 76.1 Å². The van der Waals surface area contributed by atoms with Gasteiger partial charge in [-0.25, -0.2) is 4.98 Å². The third-order valence-corrected chi connectivity index (χ3v) is 4.36. The number of aromatic amines is 1. The van der Waals surface area contributed by atoms with E-state index in [-0.39, 0.29) is 5.56 Å². The predicted molar refractivity (Wildman–Crippen MR) is 94.8 cm³/mol. The van der Waals surface area contributed by atoms with E-state index in [4.69, 9.17) is 4.98 Å². The van der Waals surface area contributed by atoms with E-state index >= 15 is 0 Å². The molecule has 4 aromatic rings. The van der Waals surface area contributed by atoms with E-state index in [0.717, 1.165) is 38.6 Å². The molecule has 0 bridgehead atoms. The van der Waals surface area contributed by atoms with E-state index in [9.17, 15) is 4.79 Å². The molecule has 0 fully saturated rings. The summed E-state index contributed by atoms with van der Waals surface area (Å²) in [7, 11) is 0. The Morgan fingerprint density at radius 1 is 0.913 bits per heavy atom. The number of para-hydroxylation sites is 2. The molecule has 0 saturated carbocycles. The molecule has 3 nitrogen and oxygen atoms in total. The summed E-state index contributed by atoms with van der Waals surface area (Å²) in [4.78, 5) is 20.3. The summed E-state index contributed by atoms with van der Waals surface area (Å²) in [5, 5.41) is 2.17. The molecule has 0 amide bonds. The lowest BCUT2D eigenvalue weighted by Crippen LogP contribution is -2.12. The molecule has 0 spiro atoms. The van der Waals surface area contributed by atoms with E-state index in [1.165, 1.54) is 0 Å². The van der Waals surface area contributed by atoms with Crippen LogP contribution in [-0.2, 0) is 0 Å². The number of benzene rings is 2. The summed E-state index contributed by atoms with van der Waals surface area (Å²) in [6.07, 6.45) is 0. The molecule has 0 unspecified atom stereocenters. The largest absolute Gasteiger partial charge is 0.321 e. The molecular formula is C20H16N2O. The van der Waals surface area contributed by atoms with Crippen LogP contribution in [0, 0.1) is 13.8 Å². The third kappa shape index (κ3) is 2.13. The van der Waals surface area contributed by atoms with Crippen molar-refractivity contribution in [2.45, 2.75) is 13.8 Å². The maximum Gasteiger partial charge on any atom is 0.258 e. The lowest BCUT2D eigenvalue weighted by Gasteiger charge is -2.10. The van der Waals surface area contributed by atoms with Gasteiger partial charge in [-0.3, -0.25) is 4.79 Å². The molecule has 2 aromatic heterocycles. The Kier molecular flexibility index (Phi) is 3.01. The molecule has 2 aromatic carbocycles. The number of rotatable bonds is 1. The molecule has 2 heterocycles. The van der Waals surface area contributed by atoms with Gasteiger partial charge in [-0.1, -0.05) is 36.4 Å². The number of H-pyrrole nitrogens is 1. The summed E-state index contributed by atoms with van der Waals surface area (Å²) in [5.41, 5.74) is 5.14. The Hall–Kier alpha value is -2.94. The average molecular weight is 300 g/mol. The second kappa shape index (κ2) is 5.06. The van der Waals surface area contributed by atoms with Crippen LogP contribution >= 0.6 is 0 Å². The fourth-order valence-corrected chi connectivity index (χ4v) is 3.19. The van der Waals surface area contributed by atoms with E-state index in [2.05, 4.69) is 18.0 Å². The van der Waals surface area contributed by atoms with Crippen molar-refractivity contribution in [3.63, 3.8) is 0 Å². The average Bonchev–Trinajstić information content (AvgIpc) is 2.55. The summed E-state index contributed by atoms with van der Waals surface area (Å²) in [6, 6.07) is 17.9. The van der Waals surface area contributed by atoms with Gasteiger partial charge in [-0.05, 0) is 43.2 Å². The van der Waals surface area contributed by atoms with Crippen LogP contribution in [0.15, 0.2) is 59.4 Å². The minimum absolute atomic E-state index is 0.0941. The second-order valence-electron chi connectivity index (χ2n) is 5.84. The van der Waals surface area contributed by atoms with Gasteiger partial charge >= 0.3 is 0 Å². The van der Waals surface area contributed by atoms with Crippen molar-refractivity contribution in [1.29, 1.82) is 0 Å². The van der Waals surface area contributed by atoms with E-state index in [0.29, 0.717) is 5.56 Å². The van der Waals surface area contributed by atoms with Crippen molar-refractivity contribution in [1.82, 2.24) is 9.97 Å². The number of hydrogen-bond donors (Lipinski definition) is 1. The molecule has 23 heavy (non-hydrogen) atoms. The van der Waals surface area contributed by atoms with Gasteiger partial charge in [0.25, 0.3) is 5.56 Å². The molecule has 0 saturated heterocycles. The monoisotopic (exact) mass is 300 g/mol. The van der Waals surface area contributed by atoms with Crippen LogP contribution in [0.5, 0.6) is 0 Å². The lowest BCUT2D eigenvalue weighted by molar-refractivity contribution is 1.25. The highest BCUT2D eigenvalue weighted by Gasteiger charge is 2.13. The zero-order chi connectivity index (χ0) is 16.0. The molecule has 0 aliphatic rings. The zero-order valence-corrected chi connectivity index (χ0v) is 13.1. The fraction of sp³-hybridized carbons (Fsp3) is 0.100. The number of nitrogens with one attached hydrogen (secondary N) is 1. The van der Waals surface area contributed by atoms with Crippen molar-refractivity contribution in [3.8, 4) is 11.3 Å². The van der Waals surface area contributed by atoms with Gasteiger partial charge in [-0.15, -0.1) is 0 Å². The van der Waals surface area contributed by atoms with Crippen molar-refractivity contribution >= 4 is 21.8 Å². The van der Waals surface area contributed by atoms with Crippen molar-refractivity contribution in [2.75, 3.05) is 0 Å². The smallest absolute Gasteiger partial charge is 0.258 e. The second-order valence-corrected chi connectivity index (χ2v) is 5.84. The lowest BCUT2D eigenvalue weighted by atomic mass is 10.00. The van der Waals surface area contributed by atoms with Gasteiger partial charge in [0.15, 0.2) is 0 Å². The maximum absolute atomic E-state index is 12.6. The highest BCUT2D eigenvalue weighted by molar-refractivity contribution is 5.90. The minimum atomic E-state index is -0.0941. The first-order chi connectivity index (χ1) is 11.1. The van der Waals surface area contributed by atoms with Crippen LogP contribution in [0.3, 0.4) is 0 Å². The molecule has 3 heteroatoms. The summed E-state index contributed by atoms with van der Waals surface area (Å²) in [6.45, 7) is 4.04. The van der Waals surface area contributed by atoms with Gasteiger partial charge in [0.1, 0.15) is 0 Å². The third-order valence-electron chi connectivity index (χ3n) is 4.36. The van der Waals surface area contributed by atoms with E-state index < -0.39 is 0 Å². The highest BCUT2D eigenvalue weighted by Crippen LogP contribution is 2.27. The van der Waals surface area contributed by atoms with Crippen LogP contribution in [0.4, 0.5) is 0 Å². The Bertz CT molecular complexity index is 1110. The topological polar surface area (TPSA) is 45.8 Å². The van der Waals surface area contributed by atoms with Gasteiger partial charge in [0, 0.05) is 16.3 Å². The number of aryl methyl sites for hydroxylation is 2. The van der Waals surface area contributed by atoms with Gasteiger partial charge in [0.05, 0.1) is 16.8 Å². The highest BCUT2D eigenvalue weighted by atomic mass is 16.1. The maximum atomic E-state index is 12.6. The first-order valence-corrected chi connectivity index (χ1v) is 7.63. The number of aromatic nitrogens is 2. The minimum Gasteiger partial charge on any atom is -0.321 e. The van der Waals surface area contributed by atoms with Crippen LogP contribution in [0.2, 0.25) is 0 Å². The standard InChI is InChI=1S/C20H16N2O/c1-12-11-18(21-16-9-5-3-7-14(12)16)19-13(2)15-8-4-6-10-17(15)22-20(19)23/h3-11H,1-2H3,(H,22,23). The molecule has 112 valence electrons.